The Kier molecular flexibility index (Phi) is 5.51. The molecule has 1 N–H and O–H groups in total. The summed E-state index contributed by atoms with van der Waals surface area (Å²) in [7, 11) is 0. The third kappa shape index (κ3) is 4.45. The third-order valence-electron chi connectivity index (χ3n) is 4.78. The van der Waals surface area contributed by atoms with Gasteiger partial charge >= 0.3 is 0 Å². The topological polar surface area (TPSA) is 53.0 Å². The van der Waals surface area contributed by atoms with Crippen molar-refractivity contribution in [2.75, 3.05) is 39.4 Å². The Balaban J connectivity index is 1.44. The first kappa shape index (κ1) is 16.3. The molecular weight excluding hydrogens is 292 g/mol. The summed E-state index contributed by atoms with van der Waals surface area (Å²) in [5.41, 5.74) is 1.24. The van der Waals surface area contributed by atoms with Crippen molar-refractivity contribution >= 4 is 5.91 Å². The smallest absolute Gasteiger partial charge is 0.260 e. The van der Waals surface area contributed by atoms with E-state index in [2.05, 4.69) is 17.0 Å². The number of rotatable bonds is 6. The number of aliphatic hydroxyl groups excluding tert-OH is 1. The summed E-state index contributed by atoms with van der Waals surface area (Å²) in [5.74, 6) is 1.25. The van der Waals surface area contributed by atoms with Gasteiger partial charge in [-0.3, -0.25) is 9.69 Å². The van der Waals surface area contributed by atoms with Crippen molar-refractivity contribution in [3.8, 4) is 5.75 Å². The fraction of sp³-hybridized carbons (Fsp3) is 0.611. The quantitative estimate of drug-likeness (QED) is 0.864. The molecule has 2 fully saturated rings. The molecule has 0 radical (unpaired) electrons. The molecule has 1 atom stereocenters. The zero-order chi connectivity index (χ0) is 16.1. The highest BCUT2D eigenvalue weighted by Gasteiger charge is 2.21. The maximum atomic E-state index is 11.9. The highest BCUT2D eigenvalue weighted by molar-refractivity contribution is 5.78. The predicted molar refractivity (Wildman–Crippen MR) is 88.2 cm³/mol. The van der Waals surface area contributed by atoms with Gasteiger partial charge in [0.1, 0.15) is 5.75 Å². The summed E-state index contributed by atoms with van der Waals surface area (Å²) in [4.78, 5) is 16.2. The molecular formula is C18H26N2O3. The molecule has 2 aliphatic rings. The summed E-state index contributed by atoms with van der Waals surface area (Å²) >= 11 is 0. The second kappa shape index (κ2) is 7.79. The van der Waals surface area contributed by atoms with E-state index in [0.29, 0.717) is 5.92 Å². The molecule has 0 aliphatic carbocycles. The Labute approximate surface area is 137 Å². The van der Waals surface area contributed by atoms with Gasteiger partial charge in [-0.1, -0.05) is 12.1 Å². The van der Waals surface area contributed by atoms with E-state index in [9.17, 15) is 9.90 Å². The molecule has 0 bridgehead atoms. The number of hydrogen-bond acceptors (Lipinski definition) is 4. The molecule has 0 aromatic heterocycles. The molecule has 2 aliphatic heterocycles. The summed E-state index contributed by atoms with van der Waals surface area (Å²) in [6.07, 6.45) is 3.29. The van der Waals surface area contributed by atoms with Gasteiger partial charge in [-0.05, 0) is 49.4 Å². The summed E-state index contributed by atoms with van der Waals surface area (Å²) < 4.78 is 5.60. The SMILES string of the molecule is O=C(COc1ccc(CN2CCC(CO)C2)cc1)N1CCCC1. The number of likely N-dealkylation sites (tertiary alicyclic amines) is 2. The standard InChI is InChI=1S/C18H26N2O3/c21-13-16-7-10-19(12-16)11-15-3-5-17(6-4-15)23-14-18(22)20-8-1-2-9-20/h3-6,16,21H,1-2,7-14H2. The number of carbonyl (C=O) groups is 1. The minimum atomic E-state index is 0.0821. The lowest BCUT2D eigenvalue weighted by Gasteiger charge is -2.17. The maximum absolute atomic E-state index is 11.9. The van der Waals surface area contributed by atoms with Gasteiger partial charge in [0, 0.05) is 32.8 Å². The fourth-order valence-electron chi connectivity index (χ4n) is 3.36. The van der Waals surface area contributed by atoms with Gasteiger partial charge in [-0.2, -0.15) is 0 Å². The number of amides is 1. The van der Waals surface area contributed by atoms with Gasteiger partial charge in [0.05, 0.1) is 0 Å². The first-order valence-corrected chi connectivity index (χ1v) is 8.57. The molecule has 2 saturated heterocycles. The van der Waals surface area contributed by atoms with Gasteiger partial charge in [-0.15, -0.1) is 0 Å². The summed E-state index contributed by atoms with van der Waals surface area (Å²) in [6.45, 7) is 5.08. The molecule has 3 rings (SSSR count). The van der Waals surface area contributed by atoms with Gasteiger partial charge in [0.25, 0.3) is 5.91 Å². The van der Waals surface area contributed by atoms with E-state index in [1.807, 2.05) is 17.0 Å². The van der Waals surface area contributed by atoms with Crippen LogP contribution in [0.2, 0.25) is 0 Å². The van der Waals surface area contributed by atoms with E-state index in [0.717, 1.165) is 57.7 Å². The molecule has 1 aromatic rings. The average molecular weight is 318 g/mol. The van der Waals surface area contributed by atoms with E-state index < -0.39 is 0 Å². The van der Waals surface area contributed by atoms with Crippen molar-refractivity contribution in [1.29, 1.82) is 0 Å². The highest BCUT2D eigenvalue weighted by Crippen LogP contribution is 2.20. The van der Waals surface area contributed by atoms with Crippen LogP contribution in [0.25, 0.3) is 0 Å². The van der Waals surface area contributed by atoms with Crippen LogP contribution in [-0.2, 0) is 11.3 Å². The lowest BCUT2D eigenvalue weighted by molar-refractivity contribution is -0.132. The Morgan fingerprint density at radius 2 is 1.91 bits per heavy atom. The van der Waals surface area contributed by atoms with E-state index in [-0.39, 0.29) is 19.1 Å². The van der Waals surface area contributed by atoms with Gasteiger partial charge in [0.2, 0.25) is 0 Å². The van der Waals surface area contributed by atoms with Crippen LogP contribution in [0.1, 0.15) is 24.8 Å². The van der Waals surface area contributed by atoms with Crippen LogP contribution in [0.5, 0.6) is 5.75 Å². The van der Waals surface area contributed by atoms with Crippen molar-refractivity contribution in [3.05, 3.63) is 29.8 Å². The van der Waals surface area contributed by atoms with E-state index in [4.69, 9.17) is 4.74 Å². The van der Waals surface area contributed by atoms with Crippen molar-refractivity contribution in [3.63, 3.8) is 0 Å². The molecule has 5 nitrogen and oxygen atoms in total. The minimum Gasteiger partial charge on any atom is -0.484 e. The van der Waals surface area contributed by atoms with Crippen molar-refractivity contribution < 1.29 is 14.6 Å². The first-order chi connectivity index (χ1) is 11.2. The second-order valence-electron chi connectivity index (χ2n) is 6.59. The van der Waals surface area contributed by atoms with Crippen LogP contribution in [0.15, 0.2) is 24.3 Å². The first-order valence-electron chi connectivity index (χ1n) is 8.57. The molecule has 23 heavy (non-hydrogen) atoms. The largest absolute Gasteiger partial charge is 0.484 e. The van der Waals surface area contributed by atoms with Crippen molar-refractivity contribution in [1.82, 2.24) is 9.80 Å². The van der Waals surface area contributed by atoms with Crippen LogP contribution in [-0.4, -0.2) is 60.2 Å². The predicted octanol–water partition coefficient (Wildman–Crippen LogP) is 1.50. The number of aliphatic hydroxyl groups is 1. The molecule has 1 unspecified atom stereocenters. The van der Waals surface area contributed by atoms with Crippen LogP contribution in [0.4, 0.5) is 0 Å². The molecule has 1 amide bonds. The summed E-state index contributed by atoms with van der Waals surface area (Å²) in [6, 6.07) is 7.99. The van der Waals surface area contributed by atoms with Crippen LogP contribution in [0.3, 0.4) is 0 Å². The molecule has 5 heteroatoms. The van der Waals surface area contributed by atoms with Gasteiger partial charge in [0.15, 0.2) is 6.61 Å². The van der Waals surface area contributed by atoms with E-state index >= 15 is 0 Å². The van der Waals surface area contributed by atoms with Crippen LogP contribution < -0.4 is 4.74 Å². The number of ether oxygens (including phenoxy) is 1. The van der Waals surface area contributed by atoms with Gasteiger partial charge in [-0.25, -0.2) is 0 Å². The average Bonchev–Trinajstić information content (AvgIpc) is 3.25. The third-order valence-corrected chi connectivity index (χ3v) is 4.78. The lowest BCUT2D eigenvalue weighted by Crippen LogP contribution is -2.32. The molecule has 126 valence electrons. The normalized spacial score (nSPS) is 21.8. The number of nitrogens with zero attached hydrogens (tertiary/aromatic N) is 2. The Hall–Kier alpha value is -1.59. The van der Waals surface area contributed by atoms with E-state index in [1.165, 1.54) is 5.56 Å². The molecule has 1 aromatic carbocycles. The monoisotopic (exact) mass is 318 g/mol. The van der Waals surface area contributed by atoms with Crippen molar-refractivity contribution in [2.45, 2.75) is 25.8 Å². The minimum absolute atomic E-state index is 0.0821. The van der Waals surface area contributed by atoms with Gasteiger partial charge < -0.3 is 14.7 Å². The number of benzene rings is 1. The molecule has 2 heterocycles. The summed E-state index contributed by atoms with van der Waals surface area (Å²) in [5, 5.41) is 9.19. The molecule has 0 spiro atoms. The Morgan fingerprint density at radius 3 is 2.57 bits per heavy atom. The number of carbonyl (C=O) groups excluding carboxylic acids is 1. The molecule has 0 saturated carbocycles. The van der Waals surface area contributed by atoms with Crippen LogP contribution in [0, 0.1) is 5.92 Å². The second-order valence-corrected chi connectivity index (χ2v) is 6.59. The van der Waals surface area contributed by atoms with Crippen molar-refractivity contribution in [2.24, 2.45) is 5.92 Å². The van der Waals surface area contributed by atoms with Crippen LogP contribution >= 0.6 is 0 Å². The zero-order valence-corrected chi connectivity index (χ0v) is 13.6. The highest BCUT2D eigenvalue weighted by atomic mass is 16.5. The lowest BCUT2D eigenvalue weighted by atomic mass is 10.1. The Morgan fingerprint density at radius 1 is 1.17 bits per heavy atom. The Bertz CT molecular complexity index is 512. The zero-order valence-electron chi connectivity index (χ0n) is 13.6. The maximum Gasteiger partial charge on any atom is 0.260 e. The number of hydrogen-bond donors (Lipinski definition) is 1. The van der Waals surface area contributed by atoms with E-state index in [1.54, 1.807) is 0 Å². The fourth-order valence-corrected chi connectivity index (χ4v) is 3.36.